The number of rotatable bonds is 7. The van der Waals surface area contributed by atoms with Gasteiger partial charge in [-0.25, -0.2) is 4.98 Å². The van der Waals surface area contributed by atoms with E-state index in [1.807, 2.05) is 13.8 Å². The minimum atomic E-state index is -0.204. The van der Waals surface area contributed by atoms with E-state index in [4.69, 9.17) is 16.3 Å². The number of likely N-dealkylation sites (N-methyl/N-ethyl adjacent to an activating group) is 1. The molecule has 0 bridgehead atoms. The fourth-order valence-corrected chi connectivity index (χ4v) is 1.69. The van der Waals surface area contributed by atoms with Gasteiger partial charge in [-0.1, -0.05) is 11.6 Å². The van der Waals surface area contributed by atoms with Crippen LogP contribution in [0.2, 0.25) is 5.02 Å². The molecule has 1 amide bonds. The van der Waals surface area contributed by atoms with Gasteiger partial charge in [-0.3, -0.25) is 4.79 Å². The molecule has 0 fully saturated rings. The van der Waals surface area contributed by atoms with E-state index in [0.717, 1.165) is 6.54 Å². The van der Waals surface area contributed by atoms with Gasteiger partial charge in [0.05, 0.1) is 11.6 Å². The monoisotopic (exact) mass is 285 g/mol. The van der Waals surface area contributed by atoms with Gasteiger partial charge < -0.3 is 15.0 Å². The Labute approximate surface area is 118 Å². The number of hydrogen-bond acceptors (Lipinski definition) is 4. The predicted molar refractivity (Wildman–Crippen MR) is 76.9 cm³/mol. The lowest BCUT2D eigenvalue weighted by atomic mass is 10.3. The first-order valence-electron chi connectivity index (χ1n) is 6.33. The molecule has 1 heterocycles. The summed E-state index contributed by atoms with van der Waals surface area (Å²) in [6.45, 7) is 6.27. The van der Waals surface area contributed by atoms with Gasteiger partial charge in [0.2, 0.25) is 0 Å². The summed E-state index contributed by atoms with van der Waals surface area (Å²) in [7, 11) is 1.71. The standard InChI is InChI=1S/C13H20ClN3O2/c1-4-15-11-7-6-10(14)12(16-11)13(18)17(3)8-9-19-5-2/h6-7H,4-5,8-9H2,1-3H3,(H,15,16). The van der Waals surface area contributed by atoms with Crippen LogP contribution < -0.4 is 5.32 Å². The highest BCUT2D eigenvalue weighted by molar-refractivity contribution is 6.33. The smallest absolute Gasteiger partial charge is 0.273 e. The van der Waals surface area contributed by atoms with Crippen LogP contribution in [0.15, 0.2) is 12.1 Å². The van der Waals surface area contributed by atoms with Crippen molar-refractivity contribution < 1.29 is 9.53 Å². The highest BCUT2D eigenvalue weighted by Crippen LogP contribution is 2.18. The van der Waals surface area contributed by atoms with Crippen LogP contribution in [0.3, 0.4) is 0 Å². The molecular formula is C13H20ClN3O2. The largest absolute Gasteiger partial charge is 0.380 e. The fourth-order valence-electron chi connectivity index (χ4n) is 1.50. The zero-order chi connectivity index (χ0) is 14.3. The van der Waals surface area contributed by atoms with E-state index in [-0.39, 0.29) is 11.6 Å². The molecule has 0 radical (unpaired) electrons. The third-order valence-corrected chi connectivity index (χ3v) is 2.83. The minimum absolute atomic E-state index is 0.204. The van der Waals surface area contributed by atoms with Gasteiger partial charge in [0.1, 0.15) is 11.5 Å². The third-order valence-electron chi connectivity index (χ3n) is 2.53. The van der Waals surface area contributed by atoms with Gasteiger partial charge in [-0.05, 0) is 26.0 Å². The maximum absolute atomic E-state index is 12.2. The molecule has 0 aliphatic heterocycles. The van der Waals surface area contributed by atoms with Crippen molar-refractivity contribution >= 4 is 23.3 Å². The molecule has 1 rings (SSSR count). The third kappa shape index (κ3) is 4.69. The number of carbonyl (C=O) groups is 1. The van der Waals surface area contributed by atoms with E-state index < -0.39 is 0 Å². The zero-order valence-corrected chi connectivity index (χ0v) is 12.3. The van der Waals surface area contributed by atoms with E-state index in [1.165, 1.54) is 0 Å². The molecule has 1 N–H and O–H groups in total. The Hall–Kier alpha value is -1.33. The highest BCUT2D eigenvalue weighted by Gasteiger charge is 2.17. The minimum Gasteiger partial charge on any atom is -0.380 e. The number of nitrogens with zero attached hydrogens (tertiary/aromatic N) is 2. The summed E-state index contributed by atoms with van der Waals surface area (Å²) >= 11 is 6.03. The first-order valence-corrected chi connectivity index (χ1v) is 6.71. The van der Waals surface area contributed by atoms with Crippen molar-refractivity contribution in [2.45, 2.75) is 13.8 Å². The highest BCUT2D eigenvalue weighted by atomic mass is 35.5. The Balaban J connectivity index is 2.76. The average Bonchev–Trinajstić information content (AvgIpc) is 2.40. The van der Waals surface area contributed by atoms with Crippen LogP contribution >= 0.6 is 11.6 Å². The molecule has 0 saturated heterocycles. The summed E-state index contributed by atoms with van der Waals surface area (Å²) < 4.78 is 5.22. The van der Waals surface area contributed by atoms with Crippen molar-refractivity contribution in [3.05, 3.63) is 22.8 Å². The quantitative estimate of drug-likeness (QED) is 0.781. The number of carbonyl (C=O) groups excluding carboxylic acids is 1. The van der Waals surface area contributed by atoms with Crippen LogP contribution in [0.1, 0.15) is 24.3 Å². The van der Waals surface area contributed by atoms with Crippen LogP contribution in [0.5, 0.6) is 0 Å². The second-order valence-electron chi connectivity index (χ2n) is 3.98. The van der Waals surface area contributed by atoms with E-state index in [9.17, 15) is 4.79 Å². The maximum Gasteiger partial charge on any atom is 0.273 e. The Morgan fingerprint density at radius 1 is 1.47 bits per heavy atom. The van der Waals surface area contributed by atoms with Crippen LogP contribution in [-0.2, 0) is 4.74 Å². The topological polar surface area (TPSA) is 54.5 Å². The van der Waals surface area contributed by atoms with Crippen LogP contribution in [0.4, 0.5) is 5.82 Å². The summed E-state index contributed by atoms with van der Waals surface area (Å²) in [4.78, 5) is 18.0. The second kappa shape index (κ2) is 7.96. The summed E-state index contributed by atoms with van der Waals surface area (Å²) in [5.74, 6) is 0.443. The molecule has 1 aromatic heterocycles. The van der Waals surface area contributed by atoms with E-state index in [2.05, 4.69) is 10.3 Å². The molecule has 0 spiro atoms. The molecule has 5 nitrogen and oxygen atoms in total. The van der Waals surface area contributed by atoms with E-state index in [1.54, 1.807) is 24.1 Å². The molecule has 0 aliphatic carbocycles. The Bertz CT molecular complexity index is 426. The fraction of sp³-hybridized carbons (Fsp3) is 0.538. The molecule has 0 unspecified atom stereocenters. The van der Waals surface area contributed by atoms with Gasteiger partial charge in [0.15, 0.2) is 0 Å². The van der Waals surface area contributed by atoms with E-state index >= 15 is 0 Å². The Morgan fingerprint density at radius 2 is 2.21 bits per heavy atom. The first-order chi connectivity index (χ1) is 9.10. The van der Waals surface area contributed by atoms with Crippen LogP contribution in [0, 0.1) is 0 Å². The predicted octanol–water partition coefficient (Wildman–Crippen LogP) is 2.28. The Kier molecular flexibility index (Phi) is 6.59. The average molecular weight is 286 g/mol. The number of hydrogen-bond donors (Lipinski definition) is 1. The molecule has 0 aromatic carbocycles. The van der Waals surface area contributed by atoms with Gasteiger partial charge in [0, 0.05) is 26.7 Å². The number of anilines is 1. The normalized spacial score (nSPS) is 10.3. The molecule has 106 valence electrons. The van der Waals surface area contributed by atoms with Gasteiger partial charge in [-0.15, -0.1) is 0 Å². The number of aromatic nitrogens is 1. The van der Waals surface area contributed by atoms with Gasteiger partial charge in [-0.2, -0.15) is 0 Å². The summed E-state index contributed by atoms with van der Waals surface area (Å²) in [5.41, 5.74) is 0.263. The van der Waals surface area contributed by atoms with Crippen molar-refractivity contribution in [2.24, 2.45) is 0 Å². The number of ether oxygens (including phenoxy) is 1. The van der Waals surface area contributed by atoms with Crippen molar-refractivity contribution in [1.29, 1.82) is 0 Å². The summed E-state index contributed by atoms with van der Waals surface area (Å²) in [6, 6.07) is 3.43. The lowest BCUT2D eigenvalue weighted by Gasteiger charge is -2.17. The molecular weight excluding hydrogens is 266 g/mol. The summed E-state index contributed by atoms with van der Waals surface area (Å²) in [6.07, 6.45) is 0. The van der Waals surface area contributed by atoms with Crippen molar-refractivity contribution in [2.75, 3.05) is 38.7 Å². The molecule has 6 heteroatoms. The zero-order valence-electron chi connectivity index (χ0n) is 11.6. The summed E-state index contributed by atoms with van der Waals surface area (Å²) in [5, 5.41) is 3.41. The number of nitrogens with one attached hydrogen (secondary N) is 1. The molecule has 1 aromatic rings. The van der Waals surface area contributed by atoms with Crippen molar-refractivity contribution in [1.82, 2.24) is 9.88 Å². The van der Waals surface area contributed by atoms with Crippen LogP contribution in [0.25, 0.3) is 0 Å². The first kappa shape index (κ1) is 15.7. The molecule has 19 heavy (non-hydrogen) atoms. The number of amides is 1. The second-order valence-corrected chi connectivity index (χ2v) is 4.39. The van der Waals surface area contributed by atoms with Crippen LogP contribution in [-0.4, -0.2) is 49.1 Å². The SMILES string of the molecule is CCNc1ccc(Cl)c(C(=O)N(C)CCOCC)n1. The lowest BCUT2D eigenvalue weighted by molar-refractivity contribution is 0.0705. The molecule has 0 aliphatic rings. The lowest BCUT2D eigenvalue weighted by Crippen LogP contribution is -2.31. The van der Waals surface area contributed by atoms with E-state index in [0.29, 0.717) is 30.6 Å². The van der Waals surface area contributed by atoms with Crippen molar-refractivity contribution in [3.63, 3.8) is 0 Å². The molecule has 0 atom stereocenters. The number of pyridine rings is 1. The maximum atomic E-state index is 12.2. The van der Waals surface area contributed by atoms with Gasteiger partial charge in [0.25, 0.3) is 5.91 Å². The van der Waals surface area contributed by atoms with Crippen molar-refractivity contribution in [3.8, 4) is 0 Å². The Morgan fingerprint density at radius 3 is 2.84 bits per heavy atom. The molecule has 0 saturated carbocycles. The number of halogens is 1. The van der Waals surface area contributed by atoms with Gasteiger partial charge >= 0.3 is 0 Å².